The molecule has 3 rings (SSSR count). The molecule has 2 aromatic heterocycles. The fraction of sp³-hybridized carbons (Fsp3) is 0.357. The van der Waals surface area contributed by atoms with Crippen LogP contribution in [0.3, 0.4) is 0 Å². The van der Waals surface area contributed by atoms with E-state index in [-0.39, 0.29) is 18.0 Å². The minimum Gasteiger partial charge on any atom is -0.350 e. The molecule has 11 heteroatoms. The molecule has 0 saturated carbocycles. The van der Waals surface area contributed by atoms with Gasteiger partial charge in [0.15, 0.2) is 0 Å². The van der Waals surface area contributed by atoms with Crippen molar-refractivity contribution in [3.63, 3.8) is 0 Å². The highest BCUT2D eigenvalue weighted by Gasteiger charge is 2.17. The third-order valence-corrected chi connectivity index (χ3v) is 3.28. The zero-order valence-electron chi connectivity index (χ0n) is 13.9. The normalized spacial score (nSPS) is 11.5. The summed E-state index contributed by atoms with van der Waals surface area (Å²) in [5, 5.41) is 26.7. The smallest absolute Gasteiger partial charge is 0.244 e. The lowest BCUT2D eigenvalue weighted by Gasteiger charge is -2.19. The number of nitrogens with zero attached hydrogens (tertiary/aromatic N) is 8. The Balaban J connectivity index is 1.87. The van der Waals surface area contributed by atoms with Crippen molar-refractivity contribution in [1.82, 2.24) is 45.7 Å². The molecule has 0 fully saturated rings. The Morgan fingerprint density at radius 2 is 2.08 bits per heavy atom. The first-order chi connectivity index (χ1) is 11.8. The van der Waals surface area contributed by atoms with Crippen LogP contribution in [-0.4, -0.2) is 51.9 Å². The van der Waals surface area contributed by atoms with Gasteiger partial charge in [0.2, 0.25) is 11.7 Å². The molecule has 0 saturated heterocycles. The maximum atomic E-state index is 12.0. The van der Waals surface area contributed by atoms with Gasteiger partial charge in [0.1, 0.15) is 12.9 Å². The van der Waals surface area contributed by atoms with Crippen molar-refractivity contribution in [1.29, 1.82) is 0 Å². The standard InChI is InChI=1S/C14H16ClN9O/c1-14(2,3)17-12(25)7-24-19-13(18-21-24)10-5-4-9(15)6-11(10)23-8-16-20-22-23/h4-6,8H,7H2,1-3H3,(H,17,25). The maximum absolute atomic E-state index is 12.0. The number of hydrogen-bond acceptors (Lipinski definition) is 7. The Kier molecular flexibility index (Phi) is 4.45. The number of carbonyl (C=O) groups excluding carboxylic acids is 1. The monoisotopic (exact) mass is 361 g/mol. The molecule has 0 atom stereocenters. The van der Waals surface area contributed by atoms with Gasteiger partial charge in [-0.15, -0.1) is 15.3 Å². The molecular weight excluding hydrogens is 346 g/mol. The number of hydrogen-bond donors (Lipinski definition) is 1. The number of amides is 1. The van der Waals surface area contributed by atoms with Gasteiger partial charge in [0.05, 0.1) is 5.69 Å². The summed E-state index contributed by atoms with van der Waals surface area (Å²) in [5.74, 6) is 0.138. The Morgan fingerprint density at radius 1 is 1.28 bits per heavy atom. The molecule has 0 spiro atoms. The number of benzene rings is 1. The van der Waals surface area contributed by atoms with Gasteiger partial charge in [-0.3, -0.25) is 4.79 Å². The first-order valence-corrected chi connectivity index (χ1v) is 7.82. The van der Waals surface area contributed by atoms with E-state index in [1.54, 1.807) is 18.2 Å². The average molecular weight is 362 g/mol. The van der Waals surface area contributed by atoms with E-state index in [1.807, 2.05) is 20.8 Å². The summed E-state index contributed by atoms with van der Waals surface area (Å²) in [6, 6.07) is 5.15. The summed E-state index contributed by atoms with van der Waals surface area (Å²) < 4.78 is 1.45. The van der Waals surface area contributed by atoms with E-state index in [0.717, 1.165) is 0 Å². The van der Waals surface area contributed by atoms with E-state index in [2.05, 4.69) is 36.3 Å². The minimum atomic E-state index is -0.329. The molecule has 130 valence electrons. The number of aromatic nitrogens is 8. The fourth-order valence-corrected chi connectivity index (χ4v) is 2.33. The third-order valence-electron chi connectivity index (χ3n) is 3.05. The summed E-state index contributed by atoms with van der Waals surface area (Å²) in [6.45, 7) is 5.67. The van der Waals surface area contributed by atoms with Crippen LogP contribution in [-0.2, 0) is 11.3 Å². The van der Waals surface area contributed by atoms with Crippen molar-refractivity contribution < 1.29 is 4.79 Å². The van der Waals surface area contributed by atoms with Crippen LogP contribution in [0, 0.1) is 0 Å². The summed E-state index contributed by atoms with van der Waals surface area (Å²) in [7, 11) is 0. The molecule has 1 amide bonds. The lowest BCUT2D eigenvalue weighted by atomic mass is 10.1. The van der Waals surface area contributed by atoms with Crippen molar-refractivity contribution >= 4 is 17.5 Å². The van der Waals surface area contributed by atoms with Gasteiger partial charge in [-0.2, -0.15) is 9.48 Å². The van der Waals surface area contributed by atoms with Gasteiger partial charge in [-0.25, -0.2) is 0 Å². The van der Waals surface area contributed by atoms with E-state index in [9.17, 15) is 4.79 Å². The number of tetrazole rings is 2. The van der Waals surface area contributed by atoms with Gasteiger partial charge < -0.3 is 5.32 Å². The van der Waals surface area contributed by atoms with Crippen LogP contribution in [0.15, 0.2) is 24.5 Å². The molecule has 2 heterocycles. The maximum Gasteiger partial charge on any atom is 0.244 e. The Hall–Kier alpha value is -2.88. The van der Waals surface area contributed by atoms with Crippen LogP contribution in [0.1, 0.15) is 20.8 Å². The highest BCUT2D eigenvalue weighted by Crippen LogP contribution is 2.25. The first-order valence-electron chi connectivity index (χ1n) is 7.44. The quantitative estimate of drug-likeness (QED) is 0.733. The highest BCUT2D eigenvalue weighted by molar-refractivity contribution is 6.30. The third kappa shape index (κ3) is 4.15. The second-order valence-electron chi connectivity index (χ2n) is 6.36. The highest BCUT2D eigenvalue weighted by atomic mass is 35.5. The molecule has 1 N–H and O–H groups in total. The Labute approximate surface area is 148 Å². The SMILES string of the molecule is CC(C)(C)NC(=O)Cn1nnc(-c2ccc(Cl)cc2-n2cnnn2)n1. The first kappa shape index (κ1) is 17.0. The van der Waals surface area contributed by atoms with Gasteiger partial charge in [-0.05, 0) is 54.6 Å². The molecule has 0 aliphatic carbocycles. The lowest BCUT2D eigenvalue weighted by Crippen LogP contribution is -2.42. The number of halogens is 1. The molecule has 0 aliphatic heterocycles. The average Bonchev–Trinajstić information content (AvgIpc) is 3.16. The van der Waals surface area contributed by atoms with Gasteiger partial charge in [0, 0.05) is 16.1 Å². The Morgan fingerprint density at radius 3 is 2.76 bits per heavy atom. The van der Waals surface area contributed by atoms with Crippen LogP contribution in [0.25, 0.3) is 17.1 Å². The van der Waals surface area contributed by atoms with Crippen molar-refractivity contribution in [3.8, 4) is 17.1 Å². The van der Waals surface area contributed by atoms with E-state index >= 15 is 0 Å². The van der Waals surface area contributed by atoms with Crippen LogP contribution in [0.4, 0.5) is 0 Å². The topological polar surface area (TPSA) is 116 Å². The number of carbonyl (C=O) groups is 1. The Bertz CT molecular complexity index is 882. The molecule has 25 heavy (non-hydrogen) atoms. The van der Waals surface area contributed by atoms with Crippen molar-refractivity contribution in [3.05, 3.63) is 29.5 Å². The fourth-order valence-electron chi connectivity index (χ4n) is 2.16. The van der Waals surface area contributed by atoms with Crippen LogP contribution in [0.5, 0.6) is 0 Å². The largest absolute Gasteiger partial charge is 0.350 e. The van der Waals surface area contributed by atoms with Crippen LogP contribution < -0.4 is 5.32 Å². The van der Waals surface area contributed by atoms with E-state index in [0.29, 0.717) is 22.1 Å². The molecule has 0 unspecified atom stereocenters. The number of nitrogens with one attached hydrogen (secondary N) is 1. The van der Waals surface area contributed by atoms with Gasteiger partial charge in [-0.1, -0.05) is 11.6 Å². The lowest BCUT2D eigenvalue weighted by molar-refractivity contribution is -0.123. The molecule has 0 bridgehead atoms. The summed E-state index contributed by atoms with van der Waals surface area (Å²) in [5.41, 5.74) is 0.916. The minimum absolute atomic E-state index is 0.0297. The molecule has 0 radical (unpaired) electrons. The van der Waals surface area contributed by atoms with Crippen molar-refractivity contribution in [2.24, 2.45) is 0 Å². The molecule has 3 aromatic rings. The molecule has 1 aromatic carbocycles. The molecule has 0 aliphatic rings. The van der Waals surface area contributed by atoms with E-state index in [1.165, 1.54) is 15.8 Å². The summed E-state index contributed by atoms with van der Waals surface area (Å²) in [6.07, 6.45) is 1.44. The second-order valence-corrected chi connectivity index (χ2v) is 6.79. The molecule has 10 nitrogen and oxygen atoms in total. The zero-order valence-corrected chi connectivity index (χ0v) is 14.6. The zero-order chi connectivity index (χ0) is 18.0. The van der Waals surface area contributed by atoms with Crippen LogP contribution >= 0.6 is 11.6 Å². The van der Waals surface area contributed by atoms with E-state index in [4.69, 9.17) is 11.6 Å². The van der Waals surface area contributed by atoms with Crippen molar-refractivity contribution in [2.45, 2.75) is 32.9 Å². The van der Waals surface area contributed by atoms with Gasteiger partial charge in [0.25, 0.3) is 0 Å². The van der Waals surface area contributed by atoms with E-state index < -0.39 is 0 Å². The predicted octanol–water partition coefficient (Wildman–Crippen LogP) is 0.884. The summed E-state index contributed by atoms with van der Waals surface area (Å²) >= 11 is 6.06. The van der Waals surface area contributed by atoms with Crippen molar-refractivity contribution in [2.75, 3.05) is 0 Å². The predicted molar refractivity (Wildman–Crippen MR) is 88.9 cm³/mol. The second kappa shape index (κ2) is 6.55. The number of rotatable bonds is 4. The summed E-state index contributed by atoms with van der Waals surface area (Å²) in [4.78, 5) is 13.2. The molecular formula is C14H16ClN9O. The van der Waals surface area contributed by atoms with Gasteiger partial charge >= 0.3 is 0 Å². The van der Waals surface area contributed by atoms with Crippen LogP contribution in [0.2, 0.25) is 5.02 Å².